The largest absolute Gasteiger partial charge is 0.355 e. The number of rotatable bonds is 6. The summed E-state index contributed by atoms with van der Waals surface area (Å²) in [5.41, 5.74) is 0.0563. The molecule has 0 aromatic heterocycles. The number of carbonyl (C=O) groups excluding carboxylic acids is 1. The van der Waals surface area contributed by atoms with Gasteiger partial charge in [-0.25, -0.2) is 0 Å². The lowest BCUT2D eigenvalue weighted by molar-refractivity contribution is -0.122. The maximum Gasteiger partial charge on any atom is 0.236 e. The van der Waals surface area contributed by atoms with Gasteiger partial charge in [0.05, 0.1) is 6.04 Å². The van der Waals surface area contributed by atoms with Crippen LogP contribution in [-0.2, 0) is 4.79 Å². The van der Waals surface area contributed by atoms with Crippen LogP contribution in [0, 0.1) is 0 Å². The van der Waals surface area contributed by atoms with Crippen molar-refractivity contribution in [3.8, 4) is 0 Å². The van der Waals surface area contributed by atoms with E-state index < -0.39 is 0 Å². The third-order valence-electron chi connectivity index (χ3n) is 2.80. The molecule has 0 aromatic carbocycles. The van der Waals surface area contributed by atoms with Crippen molar-refractivity contribution in [1.82, 2.24) is 15.5 Å². The third kappa shape index (κ3) is 5.14. The van der Waals surface area contributed by atoms with Crippen LogP contribution in [0.2, 0.25) is 0 Å². The van der Waals surface area contributed by atoms with Crippen molar-refractivity contribution in [3.05, 3.63) is 0 Å². The molecule has 0 saturated carbocycles. The van der Waals surface area contributed by atoms with E-state index in [-0.39, 0.29) is 17.5 Å². The summed E-state index contributed by atoms with van der Waals surface area (Å²) in [5.74, 6) is 0.0621. The number of nitrogens with zero attached hydrogens (tertiary/aromatic N) is 1. The van der Waals surface area contributed by atoms with Gasteiger partial charge >= 0.3 is 0 Å². The third-order valence-corrected chi connectivity index (χ3v) is 2.80. The maximum atomic E-state index is 11.4. The second-order valence-corrected chi connectivity index (χ2v) is 4.70. The average molecular weight is 215 g/mol. The standard InChI is InChI=1S/C11H25N3O/c1-7-12-10(15)9(2)13-8-11(3,4)14(5)6/h9,13H,7-8H2,1-6H3,(H,12,15). The Bertz CT molecular complexity index is 202. The van der Waals surface area contributed by atoms with Gasteiger partial charge in [-0.2, -0.15) is 0 Å². The minimum absolute atomic E-state index is 0.0563. The highest BCUT2D eigenvalue weighted by Crippen LogP contribution is 2.07. The molecule has 0 spiro atoms. The first-order valence-electron chi connectivity index (χ1n) is 5.49. The first-order chi connectivity index (χ1) is 6.81. The van der Waals surface area contributed by atoms with Gasteiger partial charge in [0.15, 0.2) is 0 Å². The van der Waals surface area contributed by atoms with Gasteiger partial charge < -0.3 is 15.5 Å². The molecule has 0 radical (unpaired) electrons. The summed E-state index contributed by atoms with van der Waals surface area (Å²) in [6, 6.07) is -0.135. The van der Waals surface area contributed by atoms with Gasteiger partial charge in [0.25, 0.3) is 0 Å². The summed E-state index contributed by atoms with van der Waals surface area (Å²) in [7, 11) is 4.08. The first-order valence-corrected chi connectivity index (χ1v) is 5.49. The van der Waals surface area contributed by atoms with E-state index in [2.05, 4.69) is 29.4 Å². The number of hydrogen-bond donors (Lipinski definition) is 2. The normalized spacial score (nSPS) is 14.1. The van der Waals surface area contributed by atoms with Crippen LogP contribution >= 0.6 is 0 Å². The monoisotopic (exact) mass is 215 g/mol. The Morgan fingerprint density at radius 3 is 2.33 bits per heavy atom. The van der Waals surface area contributed by atoms with Crippen LogP contribution in [-0.4, -0.2) is 49.6 Å². The molecule has 0 bridgehead atoms. The van der Waals surface area contributed by atoms with Crippen molar-refractivity contribution in [1.29, 1.82) is 0 Å². The average Bonchev–Trinajstić information content (AvgIpc) is 2.14. The number of carbonyl (C=O) groups is 1. The van der Waals surface area contributed by atoms with Crippen LogP contribution in [0.4, 0.5) is 0 Å². The fraction of sp³-hybridized carbons (Fsp3) is 0.909. The van der Waals surface area contributed by atoms with Gasteiger partial charge in [0.1, 0.15) is 0 Å². The Balaban J connectivity index is 3.99. The van der Waals surface area contributed by atoms with E-state index in [1.54, 1.807) is 0 Å². The summed E-state index contributed by atoms with van der Waals surface area (Å²) in [4.78, 5) is 13.6. The molecule has 90 valence electrons. The SMILES string of the molecule is CCNC(=O)C(C)NCC(C)(C)N(C)C. The summed E-state index contributed by atoms with van der Waals surface area (Å²) < 4.78 is 0. The van der Waals surface area contributed by atoms with E-state index in [0.717, 1.165) is 6.54 Å². The van der Waals surface area contributed by atoms with Crippen LogP contribution < -0.4 is 10.6 Å². The fourth-order valence-electron chi connectivity index (χ4n) is 0.981. The van der Waals surface area contributed by atoms with Crippen molar-refractivity contribution in [2.45, 2.75) is 39.3 Å². The smallest absolute Gasteiger partial charge is 0.236 e. The molecule has 0 aliphatic rings. The van der Waals surface area contributed by atoms with E-state index in [4.69, 9.17) is 0 Å². The van der Waals surface area contributed by atoms with Gasteiger partial charge in [-0.05, 0) is 41.8 Å². The number of likely N-dealkylation sites (N-methyl/N-ethyl adjacent to an activating group) is 2. The quantitative estimate of drug-likeness (QED) is 0.676. The molecule has 1 unspecified atom stereocenters. The number of hydrogen-bond acceptors (Lipinski definition) is 3. The van der Waals surface area contributed by atoms with Crippen molar-refractivity contribution in [3.63, 3.8) is 0 Å². The first kappa shape index (κ1) is 14.4. The van der Waals surface area contributed by atoms with Crippen molar-refractivity contribution >= 4 is 5.91 Å². The predicted molar refractivity (Wildman–Crippen MR) is 63.9 cm³/mol. The molecule has 0 aromatic rings. The van der Waals surface area contributed by atoms with Crippen LogP contribution in [0.5, 0.6) is 0 Å². The molecule has 4 nitrogen and oxygen atoms in total. The molecule has 4 heteroatoms. The van der Waals surface area contributed by atoms with Crippen molar-refractivity contribution in [2.75, 3.05) is 27.2 Å². The second-order valence-electron chi connectivity index (χ2n) is 4.70. The molecule has 0 aliphatic carbocycles. The topological polar surface area (TPSA) is 44.4 Å². The minimum atomic E-state index is -0.135. The summed E-state index contributed by atoms with van der Waals surface area (Å²) in [5, 5.41) is 6.03. The van der Waals surface area contributed by atoms with Gasteiger partial charge in [-0.1, -0.05) is 0 Å². The Hall–Kier alpha value is -0.610. The number of amides is 1. The molecular formula is C11H25N3O. The lowest BCUT2D eigenvalue weighted by Gasteiger charge is -2.33. The Morgan fingerprint density at radius 1 is 1.40 bits per heavy atom. The molecule has 0 heterocycles. The van der Waals surface area contributed by atoms with Crippen LogP contribution in [0.3, 0.4) is 0 Å². The lowest BCUT2D eigenvalue weighted by Crippen LogP contribution is -2.52. The molecule has 0 aliphatic heterocycles. The van der Waals surface area contributed by atoms with Crippen molar-refractivity contribution < 1.29 is 4.79 Å². The van der Waals surface area contributed by atoms with Crippen LogP contribution in [0.15, 0.2) is 0 Å². The highest BCUT2D eigenvalue weighted by atomic mass is 16.2. The fourth-order valence-corrected chi connectivity index (χ4v) is 0.981. The lowest BCUT2D eigenvalue weighted by atomic mass is 10.0. The zero-order valence-corrected chi connectivity index (χ0v) is 10.8. The van der Waals surface area contributed by atoms with Gasteiger partial charge in [0, 0.05) is 18.6 Å². The van der Waals surface area contributed by atoms with E-state index in [1.807, 2.05) is 27.9 Å². The van der Waals surface area contributed by atoms with E-state index in [1.165, 1.54) is 0 Å². The minimum Gasteiger partial charge on any atom is -0.355 e. The highest BCUT2D eigenvalue weighted by Gasteiger charge is 2.22. The van der Waals surface area contributed by atoms with E-state index in [0.29, 0.717) is 6.54 Å². The molecule has 0 saturated heterocycles. The Labute approximate surface area is 93.4 Å². The molecule has 2 N–H and O–H groups in total. The molecule has 0 fully saturated rings. The van der Waals surface area contributed by atoms with Crippen LogP contribution in [0.25, 0.3) is 0 Å². The van der Waals surface area contributed by atoms with Gasteiger partial charge in [0.2, 0.25) is 5.91 Å². The molecular weight excluding hydrogens is 190 g/mol. The predicted octanol–water partition coefficient (Wildman–Crippen LogP) is 0.441. The van der Waals surface area contributed by atoms with Gasteiger partial charge in [-0.15, -0.1) is 0 Å². The summed E-state index contributed by atoms with van der Waals surface area (Å²) >= 11 is 0. The molecule has 0 rings (SSSR count). The zero-order valence-electron chi connectivity index (χ0n) is 10.8. The zero-order chi connectivity index (χ0) is 12.1. The van der Waals surface area contributed by atoms with Gasteiger partial charge in [-0.3, -0.25) is 4.79 Å². The summed E-state index contributed by atoms with van der Waals surface area (Å²) in [6.45, 7) is 9.57. The van der Waals surface area contributed by atoms with Crippen molar-refractivity contribution in [2.24, 2.45) is 0 Å². The van der Waals surface area contributed by atoms with Crippen LogP contribution in [0.1, 0.15) is 27.7 Å². The van der Waals surface area contributed by atoms with E-state index >= 15 is 0 Å². The van der Waals surface area contributed by atoms with E-state index in [9.17, 15) is 4.79 Å². The molecule has 15 heavy (non-hydrogen) atoms. The second kappa shape index (κ2) is 6.08. The highest BCUT2D eigenvalue weighted by molar-refractivity contribution is 5.81. The molecule has 1 atom stereocenters. The summed E-state index contributed by atoms with van der Waals surface area (Å²) in [6.07, 6.45) is 0. The Morgan fingerprint density at radius 2 is 1.93 bits per heavy atom. The Kier molecular flexibility index (Phi) is 5.83. The molecule has 1 amide bonds. The maximum absolute atomic E-state index is 11.4. The number of nitrogens with one attached hydrogen (secondary N) is 2.